The highest BCUT2D eigenvalue weighted by atomic mass is 35.5. The fraction of sp³-hybridized carbons (Fsp3) is 0.522. The minimum Gasteiger partial charge on any atom is -0.365 e. The Labute approximate surface area is 183 Å². The van der Waals surface area contributed by atoms with Crippen LogP contribution >= 0.6 is 11.6 Å². The highest BCUT2D eigenvalue weighted by Crippen LogP contribution is 2.24. The van der Waals surface area contributed by atoms with Gasteiger partial charge in [0.15, 0.2) is 0 Å². The number of carbonyl (C=O) groups excluding carboxylic acids is 1. The van der Waals surface area contributed by atoms with Crippen LogP contribution in [0.15, 0.2) is 30.6 Å². The minimum absolute atomic E-state index is 0.0162. The number of hydrogen-bond acceptors (Lipinski definition) is 5. The van der Waals surface area contributed by atoms with Crippen LogP contribution in [-0.4, -0.2) is 47.0 Å². The van der Waals surface area contributed by atoms with Gasteiger partial charge in [0.2, 0.25) is 0 Å². The second kappa shape index (κ2) is 9.65. The maximum Gasteiger partial charge on any atom is 0.255 e. The van der Waals surface area contributed by atoms with Gasteiger partial charge in [-0.05, 0) is 55.7 Å². The number of likely N-dealkylation sites (tertiary alicyclic amines) is 1. The van der Waals surface area contributed by atoms with E-state index in [0.717, 1.165) is 56.3 Å². The van der Waals surface area contributed by atoms with Crippen molar-refractivity contribution in [1.82, 2.24) is 14.9 Å². The molecule has 4 heterocycles. The van der Waals surface area contributed by atoms with Crippen molar-refractivity contribution in [2.45, 2.75) is 45.6 Å². The summed E-state index contributed by atoms with van der Waals surface area (Å²) in [6, 6.07) is 5.89. The molecule has 160 valence electrons. The first-order chi connectivity index (χ1) is 14.6. The third-order valence-corrected chi connectivity index (χ3v) is 6.40. The standard InChI is InChI=1S/C23H30ClN5O/c1-17-7-11-28(12-8-17)21-6-5-18(14-25-21)15-26-22-20(24)13-19(16-27-22)23(30)29-9-3-2-4-10-29/h5-6,13-14,16-17H,2-4,7-12,15H2,1H3,(H,26,27). The zero-order valence-corrected chi connectivity index (χ0v) is 18.4. The molecule has 2 fully saturated rings. The topological polar surface area (TPSA) is 61.4 Å². The van der Waals surface area contributed by atoms with Crippen LogP contribution in [0.2, 0.25) is 5.02 Å². The first-order valence-electron chi connectivity index (χ1n) is 11.0. The Hall–Kier alpha value is -2.34. The van der Waals surface area contributed by atoms with Crippen molar-refractivity contribution in [2.75, 3.05) is 36.4 Å². The minimum atomic E-state index is 0.0162. The van der Waals surface area contributed by atoms with Crippen molar-refractivity contribution in [1.29, 1.82) is 0 Å². The molecule has 0 spiro atoms. The molecule has 7 heteroatoms. The summed E-state index contributed by atoms with van der Waals surface area (Å²) in [7, 11) is 0. The fourth-order valence-electron chi connectivity index (χ4n) is 4.10. The van der Waals surface area contributed by atoms with Crippen LogP contribution in [0.25, 0.3) is 0 Å². The van der Waals surface area contributed by atoms with Crippen LogP contribution in [0, 0.1) is 5.92 Å². The molecule has 2 aromatic heterocycles. The number of rotatable bonds is 5. The van der Waals surface area contributed by atoms with Crippen molar-refractivity contribution >= 4 is 29.1 Å². The van der Waals surface area contributed by atoms with Gasteiger partial charge in [-0.2, -0.15) is 0 Å². The van der Waals surface area contributed by atoms with Gasteiger partial charge in [0.25, 0.3) is 5.91 Å². The van der Waals surface area contributed by atoms with E-state index in [0.29, 0.717) is 22.9 Å². The molecule has 2 aliphatic heterocycles. The van der Waals surface area contributed by atoms with Gasteiger partial charge < -0.3 is 15.1 Å². The number of carbonyl (C=O) groups is 1. The van der Waals surface area contributed by atoms with E-state index in [1.54, 1.807) is 12.3 Å². The number of pyridine rings is 2. The summed E-state index contributed by atoms with van der Waals surface area (Å²) in [6.45, 7) is 6.68. The summed E-state index contributed by atoms with van der Waals surface area (Å²) < 4.78 is 0. The molecule has 4 rings (SSSR count). The Morgan fingerprint density at radius 1 is 1.10 bits per heavy atom. The Kier molecular flexibility index (Phi) is 6.72. The van der Waals surface area contributed by atoms with Gasteiger partial charge in [-0.3, -0.25) is 4.79 Å². The molecule has 2 saturated heterocycles. The molecule has 0 bridgehead atoms. The monoisotopic (exact) mass is 427 g/mol. The van der Waals surface area contributed by atoms with E-state index in [-0.39, 0.29) is 5.91 Å². The number of nitrogens with zero attached hydrogens (tertiary/aromatic N) is 4. The number of nitrogens with one attached hydrogen (secondary N) is 1. The lowest BCUT2D eigenvalue weighted by atomic mass is 9.99. The third-order valence-electron chi connectivity index (χ3n) is 6.11. The van der Waals surface area contributed by atoms with Gasteiger partial charge >= 0.3 is 0 Å². The zero-order chi connectivity index (χ0) is 20.9. The van der Waals surface area contributed by atoms with E-state index in [1.165, 1.54) is 19.3 Å². The molecule has 0 aromatic carbocycles. The zero-order valence-electron chi connectivity index (χ0n) is 17.6. The highest BCUT2D eigenvalue weighted by molar-refractivity contribution is 6.33. The summed E-state index contributed by atoms with van der Waals surface area (Å²) in [4.78, 5) is 25.9. The number of anilines is 2. The molecule has 0 aliphatic carbocycles. The van der Waals surface area contributed by atoms with Crippen LogP contribution in [0.4, 0.5) is 11.6 Å². The first kappa shape index (κ1) is 20.9. The molecule has 0 atom stereocenters. The van der Waals surface area contributed by atoms with Gasteiger partial charge in [0.1, 0.15) is 11.6 Å². The number of aromatic nitrogens is 2. The van der Waals surface area contributed by atoms with Crippen molar-refractivity contribution in [3.63, 3.8) is 0 Å². The SMILES string of the molecule is CC1CCN(c2ccc(CNc3ncc(C(=O)N4CCCCC4)cc3Cl)cn2)CC1. The van der Waals surface area contributed by atoms with E-state index in [9.17, 15) is 4.79 Å². The first-order valence-corrected chi connectivity index (χ1v) is 11.4. The predicted molar refractivity (Wildman–Crippen MR) is 121 cm³/mol. The Morgan fingerprint density at radius 2 is 1.87 bits per heavy atom. The second-order valence-corrected chi connectivity index (χ2v) is 8.86. The van der Waals surface area contributed by atoms with Gasteiger partial charge in [0, 0.05) is 45.1 Å². The average Bonchev–Trinajstić information content (AvgIpc) is 2.79. The molecule has 2 aliphatic rings. The fourth-order valence-corrected chi connectivity index (χ4v) is 4.33. The summed E-state index contributed by atoms with van der Waals surface area (Å²) in [5, 5.41) is 3.72. The number of amides is 1. The van der Waals surface area contributed by atoms with Gasteiger partial charge in [-0.15, -0.1) is 0 Å². The molecule has 0 unspecified atom stereocenters. The molecule has 6 nitrogen and oxygen atoms in total. The highest BCUT2D eigenvalue weighted by Gasteiger charge is 2.20. The summed E-state index contributed by atoms with van der Waals surface area (Å²) >= 11 is 6.40. The lowest BCUT2D eigenvalue weighted by Crippen LogP contribution is -2.35. The largest absolute Gasteiger partial charge is 0.365 e. The van der Waals surface area contributed by atoms with E-state index in [2.05, 4.69) is 39.2 Å². The maximum absolute atomic E-state index is 12.6. The average molecular weight is 428 g/mol. The van der Waals surface area contributed by atoms with Gasteiger partial charge in [-0.25, -0.2) is 9.97 Å². The molecule has 0 radical (unpaired) electrons. The maximum atomic E-state index is 12.6. The van der Waals surface area contributed by atoms with Crippen molar-refractivity contribution in [3.8, 4) is 0 Å². The van der Waals surface area contributed by atoms with Gasteiger partial charge in [-0.1, -0.05) is 24.6 Å². The number of halogens is 1. The summed E-state index contributed by atoms with van der Waals surface area (Å²) in [5.74, 6) is 2.45. The van der Waals surface area contributed by atoms with Crippen LogP contribution in [0.3, 0.4) is 0 Å². The van der Waals surface area contributed by atoms with E-state index >= 15 is 0 Å². The molecule has 30 heavy (non-hydrogen) atoms. The van der Waals surface area contributed by atoms with Crippen LogP contribution in [0.1, 0.15) is 54.9 Å². The smallest absolute Gasteiger partial charge is 0.255 e. The Balaban J connectivity index is 1.34. The molecular weight excluding hydrogens is 398 g/mol. The van der Waals surface area contributed by atoms with Crippen molar-refractivity contribution in [2.24, 2.45) is 5.92 Å². The van der Waals surface area contributed by atoms with Crippen LogP contribution in [-0.2, 0) is 6.54 Å². The van der Waals surface area contributed by atoms with Crippen molar-refractivity contribution < 1.29 is 4.79 Å². The molecule has 1 amide bonds. The summed E-state index contributed by atoms with van der Waals surface area (Å²) in [6.07, 6.45) is 9.30. The molecule has 1 N–H and O–H groups in total. The molecular formula is C23H30ClN5O. The Bertz CT molecular complexity index is 858. The number of piperidine rings is 2. The van der Waals surface area contributed by atoms with Crippen molar-refractivity contribution in [3.05, 3.63) is 46.7 Å². The Morgan fingerprint density at radius 3 is 2.53 bits per heavy atom. The van der Waals surface area contributed by atoms with Crippen LogP contribution in [0.5, 0.6) is 0 Å². The van der Waals surface area contributed by atoms with Gasteiger partial charge in [0.05, 0.1) is 10.6 Å². The lowest BCUT2D eigenvalue weighted by Gasteiger charge is -2.31. The summed E-state index contributed by atoms with van der Waals surface area (Å²) in [5.41, 5.74) is 1.62. The number of hydrogen-bond donors (Lipinski definition) is 1. The third kappa shape index (κ3) is 5.04. The predicted octanol–water partition coefficient (Wildman–Crippen LogP) is 4.60. The quantitative estimate of drug-likeness (QED) is 0.755. The van der Waals surface area contributed by atoms with E-state index in [4.69, 9.17) is 11.6 Å². The second-order valence-electron chi connectivity index (χ2n) is 8.46. The van der Waals surface area contributed by atoms with E-state index in [1.807, 2.05) is 11.1 Å². The normalized spacial score (nSPS) is 17.8. The molecule has 0 saturated carbocycles. The lowest BCUT2D eigenvalue weighted by molar-refractivity contribution is 0.0724. The molecule has 2 aromatic rings. The van der Waals surface area contributed by atoms with E-state index < -0.39 is 0 Å². The van der Waals surface area contributed by atoms with Crippen LogP contribution < -0.4 is 10.2 Å².